The Hall–Kier alpha value is -3.67. The minimum atomic E-state index is -0.428. The lowest BCUT2D eigenvalue weighted by Gasteiger charge is -2.14. The van der Waals surface area contributed by atoms with Crippen LogP contribution in [0, 0.1) is 0 Å². The van der Waals surface area contributed by atoms with Crippen LogP contribution in [0.15, 0.2) is 71.5 Å². The Morgan fingerprint density at radius 2 is 1.72 bits per heavy atom. The fourth-order valence-electron chi connectivity index (χ4n) is 3.56. The fraction of sp³-hybridized carbons (Fsp3) is 0.174. The van der Waals surface area contributed by atoms with E-state index in [9.17, 15) is 9.59 Å². The molecule has 0 atom stereocenters. The van der Waals surface area contributed by atoms with Crippen LogP contribution in [-0.4, -0.2) is 29.4 Å². The number of fused-ring (bicyclic) bond motifs is 3. The second-order valence-electron chi connectivity index (χ2n) is 6.79. The maximum absolute atomic E-state index is 12.1. The summed E-state index contributed by atoms with van der Waals surface area (Å²) < 4.78 is 5.49. The predicted octanol–water partition coefficient (Wildman–Crippen LogP) is 3.71. The molecule has 1 aliphatic carbocycles. The summed E-state index contributed by atoms with van der Waals surface area (Å²) in [7, 11) is 0. The van der Waals surface area contributed by atoms with E-state index >= 15 is 0 Å². The van der Waals surface area contributed by atoms with Crippen LogP contribution in [0.1, 0.15) is 29.2 Å². The van der Waals surface area contributed by atoms with Crippen molar-refractivity contribution in [3.63, 3.8) is 0 Å². The molecule has 2 aromatic carbocycles. The van der Waals surface area contributed by atoms with E-state index < -0.39 is 6.09 Å². The molecule has 1 amide bonds. The Morgan fingerprint density at radius 1 is 1.03 bits per heavy atom. The zero-order valence-corrected chi connectivity index (χ0v) is 15.8. The number of rotatable bonds is 6. The number of nitrogens with one attached hydrogen (secondary N) is 2. The van der Waals surface area contributed by atoms with Gasteiger partial charge in [0, 0.05) is 18.5 Å². The molecule has 0 spiro atoms. The number of benzene rings is 2. The van der Waals surface area contributed by atoms with Crippen LogP contribution < -0.4 is 10.9 Å². The smallest absolute Gasteiger partial charge is 0.407 e. The first-order valence-corrected chi connectivity index (χ1v) is 9.53. The summed E-state index contributed by atoms with van der Waals surface area (Å²) in [5, 5.41) is 9.01. The Kier molecular flexibility index (Phi) is 5.52. The highest BCUT2D eigenvalue weighted by Crippen LogP contribution is 2.44. The van der Waals surface area contributed by atoms with Crippen molar-refractivity contribution in [2.75, 3.05) is 13.2 Å². The van der Waals surface area contributed by atoms with Crippen molar-refractivity contribution in [3.8, 4) is 11.1 Å². The number of alkyl carbamates (subject to hydrolysis) is 1. The third-order valence-electron chi connectivity index (χ3n) is 4.91. The Labute approximate surface area is 168 Å². The fourth-order valence-corrected chi connectivity index (χ4v) is 3.56. The molecule has 2 N–H and O–H groups in total. The summed E-state index contributed by atoms with van der Waals surface area (Å²) in [6, 6.07) is 19.5. The Balaban J connectivity index is 1.28. The molecule has 3 aromatic rings. The number of amides is 1. The molecule has 0 saturated heterocycles. The minimum absolute atomic E-state index is 0.0550. The molecule has 4 rings (SSSR count). The van der Waals surface area contributed by atoms with E-state index in [0.29, 0.717) is 25.3 Å². The van der Waals surface area contributed by atoms with Crippen LogP contribution >= 0.6 is 0 Å². The van der Waals surface area contributed by atoms with Crippen molar-refractivity contribution < 1.29 is 9.53 Å². The van der Waals surface area contributed by atoms with Gasteiger partial charge in [-0.2, -0.15) is 5.10 Å². The summed E-state index contributed by atoms with van der Waals surface area (Å²) in [6.07, 6.45) is 3.87. The quantitative estimate of drug-likeness (QED) is 0.632. The number of nitrogens with zero attached hydrogens (tertiary/aromatic N) is 1. The zero-order chi connectivity index (χ0) is 20.1. The topological polar surface area (TPSA) is 84.1 Å². The molecule has 0 unspecified atom stereocenters. The number of hydrogen-bond acceptors (Lipinski definition) is 4. The van der Waals surface area contributed by atoms with Gasteiger partial charge in [0.25, 0.3) is 5.56 Å². The van der Waals surface area contributed by atoms with Gasteiger partial charge in [0.05, 0.1) is 5.69 Å². The molecule has 6 heteroatoms. The predicted molar refractivity (Wildman–Crippen MR) is 112 cm³/mol. The van der Waals surface area contributed by atoms with Gasteiger partial charge in [0.1, 0.15) is 6.61 Å². The number of aromatic amines is 1. The first-order chi connectivity index (χ1) is 14.2. The molecule has 146 valence electrons. The summed E-state index contributed by atoms with van der Waals surface area (Å²) in [4.78, 5) is 23.0. The van der Waals surface area contributed by atoms with Gasteiger partial charge in [0.15, 0.2) is 0 Å². The summed E-state index contributed by atoms with van der Waals surface area (Å²) in [5.41, 5.74) is 5.22. The van der Waals surface area contributed by atoms with Crippen LogP contribution in [0.5, 0.6) is 0 Å². The van der Waals surface area contributed by atoms with E-state index in [4.69, 9.17) is 4.74 Å². The molecular weight excluding hydrogens is 366 g/mol. The minimum Gasteiger partial charge on any atom is -0.449 e. The van der Waals surface area contributed by atoms with Crippen LogP contribution in [0.2, 0.25) is 0 Å². The van der Waals surface area contributed by atoms with Crippen LogP contribution in [0.4, 0.5) is 4.79 Å². The number of carbonyl (C=O) groups excluding carboxylic acids is 1. The lowest BCUT2D eigenvalue weighted by atomic mass is 9.98. The maximum atomic E-state index is 12.1. The maximum Gasteiger partial charge on any atom is 0.407 e. The van der Waals surface area contributed by atoms with E-state index in [1.54, 1.807) is 12.1 Å². The van der Waals surface area contributed by atoms with E-state index in [1.165, 1.54) is 28.3 Å². The molecule has 0 bridgehead atoms. The Morgan fingerprint density at radius 3 is 2.38 bits per heavy atom. The third-order valence-corrected chi connectivity index (χ3v) is 4.91. The van der Waals surface area contributed by atoms with Gasteiger partial charge in [-0.15, -0.1) is 0 Å². The number of ether oxygens (including phenoxy) is 1. The van der Waals surface area contributed by atoms with Crippen molar-refractivity contribution >= 4 is 12.2 Å². The van der Waals surface area contributed by atoms with Gasteiger partial charge in [0.2, 0.25) is 0 Å². The van der Waals surface area contributed by atoms with Crippen LogP contribution in [0.25, 0.3) is 17.2 Å². The van der Waals surface area contributed by atoms with Gasteiger partial charge in [-0.1, -0.05) is 54.6 Å². The number of aromatic nitrogens is 2. The van der Waals surface area contributed by atoms with Crippen molar-refractivity contribution in [2.45, 2.75) is 12.3 Å². The molecule has 0 aliphatic heterocycles. The van der Waals surface area contributed by atoms with Gasteiger partial charge in [-0.3, -0.25) is 4.79 Å². The lowest BCUT2D eigenvalue weighted by molar-refractivity contribution is 0.143. The van der Waals surface area contributed by atoms with Gasteiger partial charge < -0.3 is 10.1 Å². The molecule has 29 heavy (non-hydrogen) atoms. The number of H-pyrrole nitrogens is 1. The van der Waals surface area contributed by atoms with Gasteiger partial charge >= 0.3 is 6.09 Å². The van der Waals surface area contributed by atoms with Crippen molar-refractivity contribution in [1.82, 2.24) is 15.5 Å². The highest BCUT2D eigenvalue weighted by molar-refractivity contribution is 5.79. The van der Waals surface area contributed by atoms with Crippen molar-refractivity contribution in [1.29, 1.82) is 0 Å². The summed E-state index contributed by atoms with van der Waals surface area (Å²) in [6.45, 7) is 0.757. The third kappa shape index (κ3) is 4.27. The monoisotopic (exact) mass is 387 g/mol. The van der Waals surface area contributed by atoms with Crippen LogP contribution in [0.3, 0.4) is 0 Å². The number of carbonyl (C=O) groups is 1. The Bertz CT molecular complexity index is 1040. The molecular formula is C23H21N3O3. The first-order valence-electron chi connectivity index (χ1n) is 9.53. The molecule has 1 aliphatic rings. The highest BCUT2D eigenvalue weighted by atomic mass is 16.5. The average molecular weight is 387 g/mol. The lowest BCUT2D eigenvalue weighted by Crippen LogP contribution is -2.26. The van der Waals surface area contributed by atoms with Gasteiger partial charge in [-0.25, -0.2) is 9.89 Å². The standard InChI is InChI=1S/C23H21N3O3/c27-22-13-12-16(25-26-22)7-5-6-14-24-23(28)29-15-21-19-10-3-1-8-17(19)18-9-2-4-11-20(18)21/h1-5,7-13,21H,6,14-15H2,(H,24,28)(H,26,27). The SMILES string of the molecule is O=C(NCCC=Cc1ccc(=O)[nH]n1)OCC1c2ccccc2-c2ccccc21. The van der Waals surface area contributed by atoms with Crippen LogP contribution in [-0.2, 0) is 4.74 Å². The van der Waals surface area contributed by atoms with Crippen molar-refractivity contribution in [3.05, 3.63) is 93.9 Å². The van der Waals surface area contributed by atoms with Gasteiger partial charge in [-0.05, 0) is 40.8 Å². The second kappa shape index (κ2) is 8.56. The van der Waals surface area contributed by atoms with E-state index in [-0.39, 0.29) is 11.5 Å². The van der Waals surface area contributed by atoms with Crippen molar-refractivity contribution in [2.24, 2.45) is 0 Å². The highest BCUT2D eigenvalue weighted by Gasteiger charge is 2.28. The van der Waals surface area contributed by atoms with E-state index in [2.05, 4.69) is 39.8 Å². The molecule has 0 fully saturated rings. The zero-order valence-electron chi connectivity index (χ0n) is 15.8. The normalized spacial score (nSPS) is 12.6. The van der Waals surface area contributed by atoms with E-state index in [0.717, 1.165) is 0 Å². The first kappa shape index (κ1) is 18.7. The van der Waals surface area contributed by atoms with E-state index in [1.807, 2.05) is 30.3 Å². The molecule has 6 nitrogen and oxygen atoms in total. The molecule has 0 saturated carbocycles. The summed E-state index contributed by atoms with van der Waals surface area (Å²) in [5.74, 6) is 0.0550. The number of hydrogen-bond donors (Lipinski definition) is 2. The largest absolute Gasteiger partial charge is 0.449 e. The second-order valence-corrected chi connectivity index (χ2v) is 6.79. The summed E-state index contributed by atoms with van der Waals surface area (Å²) >= 11 is 0. The molecule has 0 radical (unpaired) electrons. The molecule has 1 heterocycles. The molecule has 1 aromatic heterocycles. The average Bonchev–Trinajstić information content (AvgIpc) is 3.07.